The Bertz CT molecular complexity index is 329. The Labute approximate surface area is 107 Å². The zero-order valence-corrected chi connectivity index (χ0v) is 10.9. The molecule has 2 rings (SSSR count). The average molecular weight is 254 g/mol. The Morgan fingerprint density at radius 2 is 1.94 bits per heavy atom. The number of hydrogen-bond donors (Lipinski definition) is 3. The Hall–Kier alpha value is -1.10. The monoisotopic (exact) mass is 254 g/mol. The maximum atomic E-state index is 12.1. The number of carbonyl (C=O) groups excluding carboxylic acids is 1. The molecule has 1 aliphatic carbocycles. The van der Waals surface area contributed by atoms with E-state index in [9.17, 15) is 14.7 Å². The summed E-state index contributed by atoms with van der Waals surface area (Å²) in [6.07, 6.45) is 4.60. The molecule has 1 heterocycles. The van der Waals surface area contributed by atoms with Gasteiger partial charge in [-0.3, -0.25) is 4.79 Å². The number of aliphatic carboxylic acids is 1. The van der Waals surface area contributed by atoms with Gasteiger partial charge in [-0.1, -0.05) is 6.92 Å². The Balaban J connectivity index is 2.01. The number of amides is 1. The average Bonchev–Trinajstić information content (AvgIpc) is 2.85. The second-order valence-electron chi connectivity index (χ2n) is 5.71. The van der Waals surface area contributed by atoms with Crippen LogP contribution in [0.15, 0.2) is 0 Å². The fraction of sp³-hybridized carbons (Fsp3) is 0.846. The topological polar surface area (TPSA) is 78.4 Å². The van der Waals surface area contributed by atoms with Gasteiger partial charge in [0.05, 0.1) is 6.04 Å². The van der Waals surface area contributed by atoms with Crippen LogP contribution in [0.3, 0.4) is 0 Å². The van der Waals surface area contributed by atoms with Crippen LogP contribution in [0.25, 0.3) is 0 Å². The van der Waals surface area contributed by atoms with Crippen LogP contribution in [0.1, 0.15) is 45.4 Å². The molecule has 2 fully saturated rings. The lowest BCUT2D eigenvalue weighted by Crippen LogP contribution is -2.59. The molecule has 1 saturated carbocycles. The molecule has 0 spiro atoms. The standard InChI is InChI=1S/C13H22N2O3/c1-9-4-6-13(7-5-9,12(17)18)15-11(16)10-3-2-8-14-10/h9-10,14H,2-8H2,1H3,(H,15,16)(H,17,18). The first-order chi connectivity index (χ1) is 8.53. The minimum atomic E-state index is -1.03. The van der Waals surface area contributed by atoms with Crippen molar-refractivity contribution >= 4 is 11.9 Å². The van der Waals surface area contributed by atoms with Crippen LogP contribution in [-0.4, -0.2) is 35.1 Å². The first-order valence-corrected chi connectivity index (χ1v) is 6.82. The predicted molar refractivity (Wildman–Crippen MR) is 67.2 cm³/mol. The zero-order valence-electron chi connectivity index (χ0n) is 10.9. The molecule has 0 aromatic rings. The highest BCUT2D eigenvalue weighted by Crippen LogP contribution is 2.32. The summed E-state index contributed by atoms with van der Waals surface area (Å²) < 4.78 is 0. The SMILES string of the molecule is CC1CCC(NC(=O)C2CCCN2)(C(=O)O)CC1. The third kappa shape index (κ3) is 2.66. The number of hydrogen-bond acceptors (Lipinski definition) is 3. The van der Waals surface area contributed by atoms with Gasteiger partial charge in [0.15, 0.2) is 0 Å². The van der Waals surface area contributed by atoms with Crippen LogP contribution in [0.5, 0.6) is 0 Å². The van der Waals surface area contributed by atoms with Crippen molar-refractivity contribution in [3.63, 3.8) is 0 Å². The minimum Gasteiger partial charge on any atom is -0.480 e. The van der Waals surface area contributed by atoms with Crippen molar-refractivity contribution in [3.8, 4) is 0 Å². The van der Waals surface area contributed by atoms with Crippen LogP contribution < -0.4 is 10.6 Å². The molecular weight excluding hydrogens is 232 g/mol. The quantitative estimate of drug-likeness (QED) is 0.699. The molecule has 1 amide bonds. The molecule has 0 aromatic carbocycles. The lowest BCUT2D eigenvalue weighted by molar-refractivity contribution is -0.150. The van der Waals surface area contributed by atoms with E-state index >= 15 is 0 Å². The van der Waals surface area contributed by atoms with Crippen molar-refractivity contribution in [2.45, 2.75) is 57.0 Å². The molecule has 18 heavy (non-hydrogen) atoms. The Morgan fingerprint density at radius 3 is 2.44 bits per heavy atom. The molecule has 2 aliphatic rings. The highest BCUT2D eigenvalue weighted by Gasteiger charge is 2.43. The van der Waals surface area contributed by atoms with Crippen LogP contribution >= 0.6 is 0 Å². The van der Waals surface area contributed by atoms with Gasteiger partial charge < -0.3 is 15.7 Å². The van der Waals surface area contributed by atoms with E-state index in [1.165, 1.54) is 0 Å². The summed E-state index contributed by atoms with van der Waals surface area (Å²) in [6, 6.07) is -0.208. The van der Waals surface area contributed by atoms with Crippen LogP contribution in [-0.2, 0) is 9.59 Å². The summed E-state index contributed by atoms with van der Waals surface area (Å²) in [5.41, 5.74) is -1.03. The lowest BCUT2D eigenvalue weighted by Gasteiger charge is -2.37. The molecule has 5 heteroatoms. The molecular formula is C13H22N2O3. The second kappa shape index (κ2) is 5.26. The molecule has 0 bridgehead atoms. The maximum Gasteiger partial charge on any atom is 0.329 e. The number of carboxylic acids is 1. The van der Waals surface area contributed by atoms with Crippen molar-refractivity contribution in [3.05, 3.63) is 0 Å². The van der Waals surface area contributed by atoms with Gasteiger partial charge in [0.1, 0.15) is 5.54 Å². The third-order valence-electron chi connectivity index (χ3n) is 4.28. The van der Waals surface area contributed by atoms with Gasteiger partial charge in [0.2, 0.25) is 5.91 Å². The van der Waals surface area contributed by atoms with Gasteiger partial charge in [-0.15, -0.1) is 0 Å². The molecule has 1 saturated heterocycles. The zero-order chi connectivity index (χ0) is 13.2. The summed E-state index contributed by atoms with van der Waals surface area (Å²) in [6.45, 7) is 2.97. The van der Waals surface area contributed by atoms with E-state index in [1.54, 1.807) is 0 Å². The van der Waals surface area contributed by atoms with Crippen LogP contribution in [0.2, 0.25) is 0 Å². The highest BCUT2D eigenvalue weighted by molar-refractivity contribution is 5.89. The van der Waals surface area contributed by atoms with Crippen molar-refractivity contribution in [1.82, 2.24) is 10.6 Å². The molecule has 0 radical (unpaired) electrons. The minimum absolute atomic E-state index is 0.149. The van der Waals surface area contributed by atoms with E-state index < -0.39 is 11.5 Å². The summed E-state index contributed by atoms with van der Waals surface area (Å²) in [5.74, 6) is -0.482. The van der Waals surface area contributed by atoms with Crippen LogP contribution in [0.4, 0.5) is 0 Å². The van der Waals surface area contributed by atoms with Crippen molar-refractivity contribution < 1.29 is 14.7 Å². The summed E-state index contributed by atoms with van der Waals surface area (Å²) >= 11 is 0. The fourth-order valence-corrected chi connectivity index (χ4v) is 2.88. The number of rotatable bonds is 3. The normalized spacial score (nSPS) is 36.3. The van der Waals surface area contributed by atoms with E-state index in [1.807, 2.05) is 0 Å². The van der Waals surface area contributed by atoms with Gasteiger partial charge in [0, 0.05) is 0 Å². The molecule has 1 atom stereocenters. The van der Waals surface area contributed by atoms with Crippen molar-refractivity contribution in [1.29, 1.82) is 0 Å². The lowest BCUT2D eigenvalue weighted by atomic mass is 9.77. The molecule has 1 aliphatic heterocycles. The fourth-order valence-electron chi connectivity index (χ4n) is 2.88. The third-order valence-corrected chi connectivity index (χ3v) is 4.28. The molecule has 3 N–H and O–H groups in total. The molecule has 5 nitrogen and oxygen atoms in total. The predicted octanol–water partition coefficient (Wildman–Crippen LogP) is 0.888. The van der Waals surface area contributed by atoms with Gasteiger partial charge >= 0.3 is 5.97 Å². The van der Waals surface area contributed by atoms with Gasteiger partial charge in [-0.25, -0.2) is 4.79 Å². The second-order valence-corrected chi connectivity index (χ2v) is 5.71. The summed E-state index contributed by atoms with van der Waals surface area (Å²) in [7, 11) is 0. The largest absolute Gasteiger partial charge is 0.480 e. The first kappa shape index (κ1) is 13.3. The van der Waals surface area contributed by atoms with Crippen molar-refractivity contribution in [2.75, 3.05) is 6.54 Å². The van der Waals surface area contributed by atoms with Gasteiger partial charge in [-0.05, 0) is 51.0 Å². The smallest absolute Gasteiger partial charge is 0.329 e. The Morgan fingerprint density at radius 1 is 1.28 bits per heavy atom. The highest BCUT2D eigenvalue weighted by atomic mass is 16.4. The summed E-state index contributed by atoms with van der Waals surface area (Å²) in [5, 5.41) is 15.3. The molecule has 102 valence electrons. The van der Waals surface area contributed by atoms with E-state index in [-0.39, 0.29) is 11.9 Å². The van der Waals surface area contributed by atoms with E-state index in [2.05, 4.69) is 17.6 Å². The van der Waals surface area contributed by atoms with Gasteiger partial charge in [-0.2, -0.15) is 0 Å². The van der Waals surface area contributed by atoms with Crippen molar-refractivity contribution in [2.24, 2.45) is 5.92 Å². The van der Waals surface area contributed by atoms with Gasteiger partial charge in [0.25, 0.3) is 0 Å². The summed E-state index contributed by atoms with van der Waals surface area (Å²) in [4.78, 5) is 23.6. The van der Waals surface area contributed by atoms with E-state index in [0.29, 0.717) is 18.8 Å². The number of carbonyl (C=O) groups is 2. The van der Waals surface area contributed by atoms with Crippen LogP contribution in [0, 0.1) is 5.92 Å². The van der Waals surface area contributed by atoms with E-state index in [0.717, 1.165) is 32.2 Å². The molecule has 0 aromatic heterocycles. The van der Waals surface area contributed by atoms with E-state index in [4.69, 9.17) is 0 Å². The Kier molecular flexibility index (Phi) is 3.90. The number of carboxylic acid groups (broad SMARTS) is 1. The first-order valence-electron chi connectivity index (χ1n) is 6.82. The maximum absolute atomic E-state index is 12.1. The molecule has 1 unspecified atom stereocenters. The number of nitrogens with one attached hydrogen (secondary N) is 2.